The van der Waals surface area contributed by atoms with E-state index in [2.05, 4.69) is 5.32 Å². The van der Waals surface area contributed by atoms with E-state index in [9.17, 15) is 14.9 Å². The number of nitrogens with zero attached hydrogens (tertiary/aromatic N) is 1. The van der Waals surface area contributed by atoms with Gasteiger partial charge in [0, 0.05) is 23.4 Å². The lowest BCUT2D eigenvalue weighted by Crippen LogP contribution is -2.10. The number of methoxy groups -OCH3 is 1. The molecule has 0 aliphatic heterocycles. The number of carbonyl (C=O) groups excluding carboxylic acids is 1. The van der Waals surface area contributed by atoms with E-state index < -0.39 is 10.8 Å². The number of nitrogens with one attached hydrogen (secondary N) is 1. The number of non-ortho nitro benzene ring substituents is 1. The number of rotatable bonds is 5. The van der Waals surface area contributed by atoms with Gasteiger partial charge in [0.25, 0.3) is 11.6 Å². The van der Waals surface area contributed by atoms with Crippen LogP contribution in [0, 0.1) is 10.1 Å². The third kappa shape index (κ3) is 3.68. The standard InChI is InChI=1S/C18H13ClN2O5/c1-25-16-7-4-12(10-14(16)19)20-18(22)17-9-8-15(26-17)11-2-5-13(6-3-11)21(23)24/h2-10H,1H3,(H,20,22). The van der Waals surface area contributed by atoms with Gasteiger partial charge in [-0.1, -0.05) is 11.6 Å². The summed E-state index contributed by atoms with van der Waals surface area (Å²) >= 11 is 6.03. The van der Waals surface area contributed by atoms with Gasteiger partial charge in [-0.25, -0.2) is 0 Å². The Morgan fingerprint density at radius 2 is 1.88 bits per heavy atom. The fraction of sp³-hybridized carbons (Fsp3) is 0.0556. The van der Waals surface area contributed by atoms with E-state index in [0.717, 1.165) is 0 Å². The SMILES string of the molecule is COc1ccc(NC(=O)c2ccc(-c3ccc([N+](=O)[O-])cc3)o2)cc1Cl. The van der Waals surface area contributed by atoms with Crippen molar-refractivity contribution in [1.29, 1.82) is 0 Å². The first-order valence-corrected chi connectivity index (χ1v) is 7.85. The van der Waals surface area contributed by atoms with Gasteiger partial charge in [0.15, 0.2) is 5.76 Å². The number of halogens is 1. The Hall–Kier alpha value is -3.32. The van der Waals surface area contributed by atoms with E-state index in [0.29, 0.717) is 27.8 Å². The number of nitro groups is 1. The Morgan fingerprint density at radius 3 is 2.50 bits per heavy atom. The van der Waals surface area contributed by atoms with Crippen LogP contribution in [-0.2, 0) is 0 Å². The molecule has 1 N–H and O–H groups in total. The van der Waals surface area contributed by atoms with Crippen molar-refractivity contribution in [3.63, 3.8) is 0 Å². The lowest BCUT2D eigenvalue weighted by atomic mass is 10.1. The highest BCUT2D eigenvalue weighted by atomic mass is 35.5. The molecule has 0 saturated heterocycles. The summed E-state index contributed by atoms with van der Waals surface area (Å²) in [5, 5.41) is 13.7. The van der Waals surface area contributed by atoms with E-state index >= 15 is 0 Å². The third-order valence-corrected chi connectivity index (χ3v) is 3.90. The average molecular weight is 373 g/mol. The molecule has 132 valence electrons. The number of hydrogen-bond donors (Lipinski definition) is 1. The average Bonchev–Trinajstić information content (AvgIpc) is 3.12. The summed E-state index contributed by atoms with van der Waals surface area (Å²) in [6, 6.07) is 13.9. The molecule has 0 saturated carbocycles. The predicted molar refractivity (Wildman–Crippen MR) is 96.8 cm³/mol. The van der Waals surface area contributed by atoms with Gasteiger partial charge in [-0.05, 0) is 42.5 Å². The molecule has 1 aromatic heterocycles. The summed E-state index contributed by atoms with van der Waals surface area (Å²) in [7, 11) is 1.50. The summed E-state index contributed by atoms with van der Waals surface area (Å²) in [4.78, 5) is 22.5. The highest BCUT2D eigenvalue weighted by Crippen LogP contribution is 2.28. The van der Waals surface area contributed by atoms with Crippen molar-refractivity contribution < 1.29 is 18.9 Å². The van der Waals surface area contributed by atoms with Crippen LogP contribution in [0.2, 0.25) is 5.02 Å². The van der Waals surface area contributed by atoms with Crippen LogP contribution in [-0.4, -0.2) is 17.9 Å². The van der Waals surface area contributed by atoms with Crippen molar-refractivity contribution in [2.45, 2.75) is 0 Å². The number of hydrogen-bond acceptors (Lipinski definition) is 5. The topological polar surface area (TPSA) is 94.6 Å². The fourth-order valence-electron chi connectivity index (χ4n) is 2.30. The molecular weight excluding hydrogens is 360 g/mol. The predicted octanol–water partition coefficient (Wildman–Crippen LogP) is 4.77. The quantitative estimate of drug-likeness (QED) is 0.514. The Balaban J connectivity index is 1.75. The van der Waals surface area contributed by atoms with Gasteiger partial charge in [-0.15, -0.1) is 0 Å². The van der Waals surface area contributed by atoms with Gasteiger partial charge in [-0.2, -0.15) is 0 Å². The van der Waals surface area contributed by atoms with Crippen LogP contribution in [0.5, 0.6) is 5.75 Å². The fourth-order valence-corrected chi connectivity index (χ4v) is 2.56. The van der Waals surface area contributed by atoms with Crippen molar-refractivity contribution >= 4 is 28.9 Å². The molecule has 26 heavy (non-hydrogen) atoms. The first-order chi connectivity index (χ1) is 12.5. The molecule has 2 aromatic carbocycles. The molecule has 1 amide bonds. The zero-order valence-corrected chi connectivity index (χ0v) is 14.3. The molecule has 0 radical (unpaired) electrons. The van der Waals surface area contributed by atoms with Crippen LogP contribution in [0.15, 0.2) is 59.0 Å². The second kappa shape index (κ2) is 7.28. The van der Waals surface area contributed by atoms with Gasteiger partial charge in [0.2, 0.25) is 0 Å². The smallest absolute Gasteiger partial charge is 0.291 e. The Bertz CT molecular complexity index is 966. The zero-order valence-electron chi connectivity index (χ0n) is 13.6. The van der Waals surface area contributed by atoms with E-state index in [1.54, 1.807) is 36.4 Å². The molecule has 0 bridgehead atoms. The number of furan rings is 1. The van der Waals surface area contributed by atoms with Crippen molar-refractivity contribution in [3.05, 3.63) is 75.5 Å². The molecule has 7 nitrogen and oxygen atoms in total. The van der Waals surface area contributed by atoms with Gasteiger partial charge >= 0.3 is 0 Å². The molecule has 0 unspecified atom stereocenters. The highest BCUT2D eigenvalue weighted by molar-refractivity contribution is 6.32. The van der Waals surface area contributed by atoms with Gasteiger partial charge < -0.3 is 14.5 Å². The van der Waals surface area contributed by atoms with Crippen LogP contribution in [0.1, 0.15) is 10.6 Å². The summed E-state index contributed by atoms with van der Waals surface area (Å²) in [5.41, 5.74) is 1.10. The number of benzene rings is 2. The molecule has 3 aromatic rings. The van der Waals surface area contributed by atoms with Crippen molar-refractivity contribution in [2.24, 2.45) is 0 Å². The van der Waals surface area contributed by atoms with Crippen LogP contribution in [0.4, 0.5) is 11.4 Å². The molecule has 8 heteroatoms. The molecule has 1 heterocycles. The Morgan fingerprint density at radius 1 is 1.15 bits per heavy atom. The number of ether oxygens (including phenoxy) is 1. The lowest BCUT2D eigenvalue weighted by Gasteiger charge is -2.07. The Labute approximate surface area is 153 Å². The van der Waals surface area contributed by atoms with Crippen LogP contribution in [0.25, 0.3) is 11.3 Å². The van der Waals surface area contributed by atoms with Crippen molar-refractivity contribution in [2.75, 3.05) is 12.4 Å². The maximum atomic E-state index is 12.3. The van der Waals surface area contributed by atoms with Gasteiger partial charge in [0.05, 0.1) is 17.1 Å². The molecule has 0 fully saturated rings. The number of nitro benzene ring substituents is 1. The van der Waals surface area contributed by atoms with Crippen LogP contribution >= 0.6 is 11.6 Å². The van der Waals surface area contributed by atoms with E-state index in [-0.39, 0.29) is 11.4 Å². The molecular formula is C18H13ClN2O5. The van der Waals surface area contributed by atoms with Crippen molar-refractivity contribution in [1.82, 2.24) is 0 Å². The molecule has 0 spiro atoms. The molecule has 3 rings (SSSR count). The summed E-state index contributed by atoms with van der Waals surface area (Å²) in [5.74, 6) is 0.589. The first-order valence-electron chi connectivity index (χ1n) is 7.47. The monoisotopic (exact) mass is 372 g/mol. The maximum Gasteiger partial charge on any atom is 0.291 e. The summed E-state index contributed by atoms with van der Waals surface area (Å²) in [6.45, 7) is 0. The van der Waals surface area contributed by atoms with Gasteiger partial charge in [0.1, 0.15) is 11.5 Å². The summed E-state index contributed by atoms with van der Waals surface area (Å²) in [6.07, 6.45) is 0. The molecule has 0 aliphatic carbocycles. The summed E-state index contributed by atoms with van der Waals surface area (Å²) < 4.78 is 10.6. The van der Waals surface area contributed by atoms with Crippen molar-refractivity contribution in [3.8, 4) is 17.1 Å². The van der Waals surface area contributed by atoms with Crippen LogP contribution < -0.4 is 10.1 Å². The number of carbonyl (C=O) groups is 1. The highest BCUT2D eigenvalue weighted by Gasteiger charge is 2.14. The Kier molecular flexibility index (Phi) is 4.90. The zero-order chi connectivity index (χ0) is 18.7. The first kappa shape index (κ1) is 17.5. The lowest BCUT2D eigenvalue weighted by molar-refractivity contribution is -0.384. The largest absolute Gasteiger partial charge is 0.495 e. The number of anilines is 1. The molecule has 0 atom stereocenters. The van der Waals surface area contributed by atoms with E-state index in [1.807, 2.05) is 0 Å². The normalized spacial score (nSPS) is 10.4. The minimum atomic E-state index is -0.481. The van der Waals surface area contributed by atoms with E-state index in [1.165, 1.54) is 25.3 Å². The maximum absolute atomic E-state index is 12.3. The second-order valence-corrected chi connectivity index (χ2v) is 5.68. The second-order valence-electron chi connectivity index (χ2n) is 5.27. The minimum Gasteiger partial charge on any atom is -0.495 e. The van der Waals surface area contributed by atoms with Gasteiger partial charge in [-0.3, -0.25) is 14.9 Å². The van der Waals surface area contributed by atoms with Crippen LogP contribution in [0.3, 0.4) is 0 Å². The minimum absolute atomic E-state index is 0.0188. The number of amides is 1. The molecule has 0 aliphatic rings. The third-order valence-electron chi connectivity index (χ3n) is 3.60. The van der Waals surface area contributed by atoms with E-state index in [4.69, 9.17) is 20.8 Å².